The van der Waals surface area contributed by atoms with E-state index in [1.54, 1.807) is 36.3 Å². The molecule has 0 spiro atoms. The summed E-state index contributed by atoms with van der Waals surface area (Å²) in [5.41, 5.74) is 0.545. The molecule has 1 aromatic rings. The Labute approximate surface area is 119 Å². The summed E-state index contributed by atoms with van der Waals surface area (Å²) in [6, 6.07) is 7.08. The van der Waals surface area contributed by atoms with Gasteiger partial charge < -0.3 is 15.0 Å². The molecule has 0 fully saturated rings. The third-order valence-electron chi connectivity index (χ3n) is 3.00. The molecule has 0 aromatic heterocycles. The molecule has 0 saturated carbocycles. The summed E-state index contributed by atoms with van der Waals surface area (Å²) in [6.07, 6.45) is 0. The molecule has 0 aliphatic rings. The van der Waals surface area contributed by atoms with Crippen molar-refractivity contribution in [1.29, 1.82) is 0 Å². The Balaban J connectivity index is 2.52. The van der Waals surface area contributed by atoms with Crippen LogP contribution in [0.1, 0.15) is 31.1 Å². The minimum Gasteiger partial charge on any atom is -0.497 e. The zero-order valence-corrected chi connectivity index (χ0v) is 12.5. The first kappa shape index (κ1) is 16.0. The molecule has 5 heteroatoms. The number of methoxy groups -OCH3 is 1. The van der Waals surface area contributed by atoms with Crippen LogP contribution in [0.2, 0.25) is 0 Å². The van der Waals surface area contributed by atoms with E-state index in [4.69, 9.17) is 4.74 Å². The Morgan fingerprint density at radius 1 is 1.35 bits per heavy atom. The Morgan fingerprint density at radius 3 is 2.60 bits per heavy atom. The zero-order chi connectivity index (χ0) is 15.1. The third kappa shape index (κ3) is 4.57. The molecule has 2 amide bonds. The maximum absolute atomic E-state index is 12.0. The van der Waals surface area contributed by atoms with Gasteiger partial charge >= 0.3 is 0 Å². The highest BCUT2D eigenvalue weighted by Gasteiger charge is 2.13. The van der Waals surface area contributed by atoms with Crippen LogP contribution in [-0.4, -0.2) is 43.0 Å². The second-order valence-electron chi connectivity index (χ2n) is 4.79. The standard InChI is InChI=1S/C15H22N2O3/c1-11(2)17(12(3)18)9-8-16-15(19)13-6-5-7-14(10-13)20-4/h5-7,10-11H,8-9H2,1-4H3,(H,16,19). The maximum Gasteiger partial charge on any atom is 0.251 e. The number of nitrogens with one attached hydrogen (secondary N) is 1. The molecule has 1 aromatic carbocycles. The summed E-state index contributed by atoms with van der Waals surface area (Å²) in [7, 11) is 1.56. The van der Waals surface area contributed by atoms with Crippen LogP contribution in [0, 0.1) is 0 Å². The van der Waals surface area contributed by atoms with Gasteiger partial charge in [0.05, 0.1) is 7.11 Å². The number of carbonyl (C=O) groups is 2. The summed E-state index contributed by atoms with van der Waals surface area (Å²) in [5.74, 6) is 0.483. The molecule has 110 valence electrons. The quantitative estimate of drug-likeness (QED) is 0.861. The van der Waals surface area contributed by atoms with E-state index >= 15 is 0 Å². The van der Waals surface area contributed by atoms with Crippen molar-refractivity contribution in [2.24, 2.45) is 0 Å². The first-order chi connectivity index (χ1) is 9.45. The van der Waals surface area contributed by atoms with Crippen LogP contribution >= 0.6 is 0 Å². The predicted molar refractivity (Wildman–Crippen MR) is 77.9 cm³/mol. The van der Waals surface area contributed by atoms with E-state index in [1.165, 1.54) is 6.92 Å². The van der Waals surface area contributed by atoms with Gasteiger partial charge in [-0.15, -0.1) is 0 Å². The lowest BCUT2D eigenvalue weighted by atomic mass is 10.2. The van der Waals surface area contributed by atoms with Crippen LogP contribution in [0.3, 0.4) is 0 Å². The Hall–Kier alpha value is -2.04. The highest BCUT2D eigenvalue weighted by Crippen LogP contribution is 2.12. The predicted octanol–water partition coefficient (Wildman–Crippen LogP) is 1.68. The first-order valence-electron chi connectivity index (χ1n) is 6.65. The maximum atomic E-state index is 12.0. The van der Waals surface area contributed by atoms with Gasteiger partial charge in [-0.2, -0.15) is 0 Å². The smallest absolute Gasteiger partial charge is 0.251 e. The van der Waals surface area contributed by atoms with Gasteiger partial charge in [0, 0.05) is 31.6 Å². The zero-order valence-electron chi connectivity index (χ0n) is 12.5. The van der Waals surface area contributed by atoms with E-state index in [2.05, 4.69) is 5.32 Å². The number of benzene rings is 1. The van der Waals surface area contributed by atoms with E-state index < -0.39 is 0 Å². The number of carbonyl (C=O) groups excluding carboxylic acids is 2. The number of nitrogens with zero attached hydrogens (tertiary/aromatic N) is 1. The van der Waals surface area contributed by atoms with Gasteiger partial charge in [-0.05, 0) is 32.0 Å². The lowest BCUT2D eigenvalue weighted by Gasteiger charge is -2.25. The molecule has 20 heavy (non-hydrogen) atoms. The Bertz CT molecular complexity index is 472. The average molecular weight is 278 g/mol. The van der Waals surface area contributed by atoms with Gasteiger partial charge in [0.2, 0.25) is 5.91 Å². The van der Waals surface area contributed by atoms with E-state index in [9.17, 15) is 9.59 Å². The average Bonchev–Trinajstić information content (AvgIpc) is 2.42. The molecule has 0 saturated heterocycles. The largest absolute Gasteiger partial charge is 0.497 e. The molecule has 0 heterocycles. The number of ether oxygens (including phenoxy) is 1. The van der Waals surface area contributed by atoms with Gasteiger partial charge in [0.1, 0.15) is 5.75 Å². The van der Waals surface area contributed by atoms with Crippen molar-refractivity contribution in [3.63, 3.8) is 0 Å². The van der Waals surface area contributed by atoms with Crippen molar-refractivity contribution in [2.45, 2.75) is 26.8 Å². The second-order valence-corrected chi connectivity index (χ2v) is 4.79. The molecule has 0 atom stereocenters. The first-order valence-corrected chi connectivity index (χ1v) is 6.65. The van der Waals surface area contributed by atoms with Crippen molar-refractivity contribution >= 4 is 11.8 Å². The third-order valence-corrected chi connectivity index (χ3v) is 3.00. The molecule has 0 unspecified atom stereocenters. The van der Waals surface area contributed by atoms with Gasteiger partial charge in [-0.1, -0.05) is 6.07 Å². The molecule has 0 bridgehead atoms. The highest BCUT2D eigenvalue weighted by molar-refractivity contribution is 5.94. The normalized spacial score (nSPS) is 10.2. The van der Waals surface area contributed by atoms with Gasteiger partial charge in [0.25, 0.3) is 5.91 Å². The SMILES string of the molecule is COc1cccc(C(=O)NCCN(C(C)=O)C(C)C)c1. The molecule has 0 radical (unpaired) electrons. The fourth-order valence-corrected chi connectivity index (χ4v) is 1.94. The van der Waals surface area contributed by atoms with Crippen LogP contribution in [-0.2, 0) is 4.79 Å². The van der Waals surface area contributed by atoms with Crippen molar-refractivity contribution in [2.75, 3.05) is 20.2 Å². The summed E-state index contributed by atoms with van der Waals surface area (Å²) in [6.45, 7) is 6.36. The number of rotatable bonds is 6. The molecule has 1 rings (SSSR count). The van der Waals surface area contributed by atoms with E-state index in [-0.39, 0.29) is 17.9 Å². The van der Waals surface area contributed by atoms with Crippen LogP contribution in [0.5, 0.6) is 5.75 Å². The summed E-state index contributed by atoms with van der Waals surface area (Å²) >= 11 is 0. The van der Waals surface area contributed by atoms with Crippen molar-refractivity contribution < 1.29 is 14.3 Å². The number of hydrogen-bond donors (Lipinski definition) is 1. The van der Waals surface area contributed by atoms with Gasteiger partial charge in [-0.25, -0.2) is 0 Å². The van der Waals surface area contributed by atoms with Crippen LogP contribution < -0.4 is 10.1 Å². The summed E-state index contributed by atoms with van der Waals surface area (Å²) < 4.78 is 5.08. The van der Waals surface area contributed by atoms with Crippen molar-refractivity contribution in [3.05, 3.63) is 29.8 Å². The van der Waals surface area contributed by atoms with Gasteiger partial charge in [-0.3, -0.25) is 9.59 Å². The molecule has 5 nitrogen and oxygen atoms in total. The Kier molecular flexibility index (Phi) is 6.03. The topological polar surface area (TPSA) is 58.6 Å². The van der Waals surface area contributed by atoms with Crippen LogP contribution in [0.4, 0.5) is 0 Å². The van der Waals surface area contributed by atoms with Crippen LogP contribution in [0.25, 0.3) is 0 Å². The monoisotopic (exact) mass is 278 g/mol. The van der Waals surface area contributed by atoms with Crippen LogP contribution in [0.15, 0.2) is 24.3 Å². The highest BCUT2D eigenvalue weighted by atomic mass is 16.5. The molecule has 0 aliphatic heterocycles. The van der Waals surface area contributed by atoms with E-state index in [0.717, 1.165) is 0 Å². The number of hydrogen-bond acceptors (Lipinski definition) is 3. The Morgan fingerprint density at radius 2 is 2.05 bits per heavy atom. The minimum absolute atomic E-state index is 0.00984. The summed E-state index contributed by atoms with van der Waals surface area (Å²) in [4.78, 5) is 25.1. The molecular formula is C15H22N2O3. The van der Waals surface area contributed by atoms with Crippen molar-refractivity contribution in [1.82, 2.24) is 10.2 Å². The van der Waals surface area contributed by atoms with Gasteiger partial charge in [0.15, 0.2) is 0 Å². The summed E-state index contributed by atoms with van der Waals surface area (Å²) in [5, 5.41) is 2.80. The molecule has 0 aliphatic carbocycles. The number of amides is 2. The fraction of sp³-hybridized carbons (Fsp3) is 0.467. The molecule has 1 N–H and O–H groups in total. The fourth-order valence-electron chi connectivity index (χ4n) is 1.94. The minimum atomic E-state index is -0.170. The lowest BCUT2D eigenvalue weighted by molar-refractivity contribution is -0.130. The van der Waals surface area contributed by atoms with Crippen molar-refractivity contribution in [3.8, 4) is 5.75 Å². The van der Waals surface area contributed by atoms with E-state index in [0.29, 0.717) is 24.4 Å². The molecular weight excluding hydrogens is 256 g/mol. The van der Waals surface area contributed by atoms with E-state index in [1.807, 2.05) is 13.8 Å². The lowest BCUT2D eigenvalue weighted by Crippen LogP contribution is -2.41. The second kappa shape index (κ2) is 7.53.